The minimum absolute atomic E-state index is 0.170. The fraction of sp³-hybridized carbons (Fsp3) is 0.500. The third-order valence-corrected chi connectivity index (χ3v) is 3.26. The molecule has 0 aliphatic heterocycles. The SMILES string of the molecule is CCCn1nc(CNCCNCCO)c(-c2ccccc2)n1. The number of aromatic nitrogens is 3. The minimum Gasteiger partial charge on any atom is -0.395 e. The van der Waals surface area contributed by atoms with E-state index in [-0.39, 0.29) is 6.61 Å². The Balaban J connectivity index is 1.99. The van der Waals surface area contributed by atoms with E-state index in [2.05, 4.69) is 39.9 Å². The van der Waals surface area contributed by atoms with Crippen molar-refractivity contribution in [3.05, 3.63) is 36.0 Å². The molecule has 0 bridgehead atoms. The zero-order chi connectivity index (χ0) is 15.6. The Morgan fingerprint density at radius 3 is 2.55 bits per heavy atom. The highest BCUT2D eigenvalue weighted by Crippen LogP contribution is 2.19. The van der Waals surface area contributed by atoms with E-state index in [1.54, 1.807) is 4.80 Å². The molecule has 0 amide bonds. The largest absolute Gasteiger partial charge is 0.395 e. The van der Waals surface area contributed by atoms with E-state index in [0.29, 0.717) is 13.1 Å². The highest BCUT2D eigenvalue weighted by Gasteiger charge is 2.12. The van der Waals surface area contributed by atoms with Crippen molar-refractivity contribution >= 4 is 0 Å². The molecule has 22 heavy (non-hydrogen) atoms. The van der Waals surface area contributed by atoms with Gasteiger partial charge in [0.2, 0.25) is 0 Å². The summed E-state index contributed by atoms with van der Waals surface area (Å²) < 4.78 is 0. The van der Waals surface area contributed by atoms with Crippen molar-refractivity contribution in [3.8, 4) is 11.3 Å². The summed E-state index contributed by atoms with van der Waals surface area (Å²) in [6.07, 6.45) is 1.01. The molecule has 3 N–H and O–H groups in total. The van der Waals surface area contributed by atoms with Crippen LogP contribution in [0.3, 0.4) is 0 Å². The molecule has 6 heteroatoms. The average Bonchev–Trinajstić information content (AvgIpc) is 2.95. The quantitative estimate of drug-likeness (QED) is 0.572. The lowest BCUT2D eigenvalue weighted by molar-refractivity contribution is 0.292. The van der Waals surface area contributed by atoms with Crippen LogP contribution < -0.4 is 10.6 Å². The number of nitrogens with one attached hydrogen (secondary N) is 2. The number of hydrogen-bond acceptors (Lipinski definition) is 5. The number of nitrogens with zero attached hydrogens (tertiary/aromatic N) is 3. The van der Waals surface area contributed by atoms with Gasteiger partial charge in [-0.2, -0.15) is 15.0 Å². The first-order valence-electron chi connectivity index (χ1n) is 7.87. The zero-order valence-corrected chi connectivity index (χ0v) is 13.1. The standard InChI is InChI=1S/C16H25N5O/c1-2-11-21-19-15(13-18-9-8-17-10-12-22)16(20-21)14-6-4-3-5-7-14/h3-7,17-18,22H,2,8-13H2,1H3. The van der Waals surface area contributed by atoms with Gasteiger partial charge >= 0.3 is 0 Å². The lowest BCUT2D eigenvalue weighted by atomic mass is 10.1. The van der Waals surface area contributed by atoms with Crippen molar-refractivity contribution in [1.82, 2.24) is 25.6 Å². The first kappa shape index (κ1) is 16.6. The van der Waals surface area contributed by atoms with Crippen molar-refractivity contribution in [3.63, 3.8) is 0 Å². The van der Waals surface area contributed by atoms with Crippen molar-refractivity contribution in [2.24, 2.45) is 0 Å². The summed E-state index contributed by atoms with van der Waals surface area (Å²) in [6, 6.07) is 10.2. The van der Waals surface area contributed by atoms with Crippen LogP contribution in [0.25, 0.3) is 11.3 Å². The van der Waals surface area contributed by atoms with Crippen LogP contribution in [0.5, 0.6) is 0 Å². The molecule has 0 saturated heterocycles. The third kappa shape index (κ3) is 4.91. The number of aliphatic hydroxyl groups excluding tert-OH is 1. The molecule has 1 aromatic carbocycles. The van der Waals surface area contributed by atoms with Gasteiger partial charge in [0.25, 0.3) is 0 Å². The normalized spacial score (nSPS) is 11.0. The first-order chi connectivity index (χ1) is 10.8. The summed E-state index contributed by atoms with van der Waals surface area (Å²) in [4.78, 5) is 1.78. The predicted molar refractivity (Wildman–Crippen MR) is 87.4 cm³/mol. The number of benzene rings is 1. The van der Waals surface area contributed by atoms with Gasteiger partial charge in [-0.25, -0.2) is 0 Å². The Bertz CT molecular complexity index is 541. The number of hydrogen-bond donors (Lipinski definition) is 3. The Hall–Kier alpha value is -1.76. The molecule has 0 atom stereocenters. The molecule has 0 aliphatic carbocycles. The molecule has 0 spiro atoms. The first-order valence-corrected chi connectivity index (χ1v) is 7.87. The number of aliphatic hydroxyl groups is 1. The summed E-state index contributed by atoms with van der Waals surface area (Å²) in [5.74, 6) is 0. The topological polar surface area (TPSA) is 75.0 Å². The fourth-order valence-electron chi connectivity index (χ4n) is 2.21. The van der Waals surface area contributed by atoms with Gasteiger partial charge in [0, 0.05) is 31.7 Å². The number of aryl methyl sites for hydroxylation is 1. The van der Waals surface area contributed by atoms with Crippen molar-refractivity contribution in [2.75, 3.05) is 26.2 Å². The van der Waals surface area contributed by atoms with Crippen LogP contribution >= 0.6 is 0 Å². The van der Waals surface area contributed by atoms with E-state index in [1.807, 2.05) is 18.2 Å². The lowest BCUT2D eigenvalue weighted by Gasteiger charge is -2.05. The predicted octanol–water partition coefficient (Wildman–Crippen LogP) is 1.03. The van der Waals surface area contributed by atoms with E-state index in [1.165, 1.54) is 0 Å². The van der Waals surface area contributed by atoms with Gasteiger partial charge in [-0.3, -0.25) is 0 Å². The van der Waals surface area contributed by atoms with Crippen LogP contribution in [0.15, 0.2) is 30.3 Å². The lowest BCUT2D eigenvalue weighted by Crippen LogP contribution is -2.29. The smallest absolute Gasteiger partial charge is 0.117 e. The Kier molecular flexibility index (Phi) is 7.02. The second-order valence-electron chi connectivity index (χ2n) is 5.11. The number of rotatable bonds is 10. The van der Waals surface area contributed by atoms with E-state index >= 15 is 0 Å². The zero-order valence-electron chi connectivity index (χ0n) is 13.1. The molecule has 0 saturated carbocycles. The van der Waals surface area contributed by atoms with E-state index in [4.69, 9.17) is 5.11 Å². The second kappa shape index (κ2) is 9.30. The van der Waals surface area contributed by atoms with Crippen LogP contribution in [0.2, 0.25) is 0 Å². The summed E-state index contributed by atoms with van der Waals surface area (Å²) in [5, 5.41) is 24.4. The van der Waals surface area contributed by atoms with Crippen molar-refractivity contribution in [1.29, 1.82) is 0 Å². The maximum Gasteiger partial charge on any atom is 0.117 e. The van der Waals surface area contributed by atoms with Gasteiger partial charge in [0.1, 0.15) is 11.4 Å². The molecule has 0 aliphatic rings. The van der Waals surface area contributed by atoms with E-state index in [0.717, 1.165) is 43.0 Å². The van der Waals surface area contributed by atoms with Gasteiger partial charge in [-0.1, -0.05) is 37.3 Å². The van der Waals surface area contributed by atoms with Gasteiger partial charge in [0.15, 0.2) is 0 Å². The van der Waals surface area contributed by atoms with Gasteiger partial charge in [-0.05, 0) is 6.42 Å². The van der Waals surface area contributed by atoms with E-state index in [9.17, 15) is 0 Å². The summed E-state index contributed by atoms with van der Waals surface area (Å²) in [5.41, 5.74) is 3.02. The second-order valence-corrected chi connectivity index (χ2v) is 5.11. The Morgan fingerprint density at radius 1 is 1.05 bits per heavy atom. The maximum absolute atomic E-state index is 8.71. The van der Waals surface area contributed by atoms with Crippen molar-refractivity contribution in [2.45, 2.75) is 26.4 Å². The summed E-state index contributed by atoms with van der Waals surface area (Å²) in [7, 11) is 0. The summed E-state index contributed by atoms with van der Waals surface area (Å²) in [6.45, 7) is 6.09. The van der Waals surface area contributed by atoms with Crippen LogP contribution in [0, 0.1) is 0 Å². The highest BCUT2D eigenvalue weighted by molar-refractivity contribution is 5.60. The fourth-order valence-corrected chi connectivity index (χ4v) is 2.21. The molecule has 2 aromatic rings. The molecule has 120 valence electrons. The highest BCUT2D eigenvalue weighted by atomic mass is 16.3. The third-order valence-electron chi connectivity index (χ3n) is 3.26. The van der Waals surface area contributed by atoms with Crippen LogP contribution in [-0.2, 0) is 13.1 Å². The molecule has 0 radical (unpaired) electrons. The summed E-state index contributed by atoms with van der Waals surface area (Å²) >= 11 is 0. The molecular weight excluding hydrogens is 278 g/mol. The molecule has 2 rings (SSSR count). The van der Waals surface area contributed by atoms with Crippen LogP contribution in [0.1, 0.15) is 19.0 Å². The molecule has 0 fully saturated rings. The van der Waals surface area contributed by atoms with Gasteiger partial charge in [-0.15, -0.1) is 0 Å². The maximum atomic E-state index is 8.71. The van der Waals surface area contributed by atoms with Gasteiger partial charge in [0.05, 0.1) is 13.2 Å². The minimum atomic E-state index is 0.170. The monoisotopic (exact) mass is 303 g/mol. The Morgan fingerprint density at radius 2 is 1.82 bits per heavy atom. The van der Waals surface area contributed by atoms with Crippen molar-refractivity contribution < 1.29 is 5.11 Å². The molecular formula is C16H25N5O. The van der Waals surface area contributed by atoms with Crippen LogP contribution in [0.4, 0.5) is 0 Å². The van der Waals surface area contributed by atoms with E-state index < -0.39 is 0 Å². The van der Waals surface area contributed by atoms with Crippen LogP contribution in [-0.4, -0.2) is 46.3 Å². The molecule has 1 heterocycles. The molecule has 1 aromatic heterocycles. The molecule has 0 unspecified atom stereocenters. The average molecular weight is 303 g/mol. The Labute approximate surface area is 131 Å². The van der Waals surface area contributed by atoms with Gasteiger partial charge < -0.3 is 15.7 Å². The molecule has 6 nitrogen and oxygen atoms in total.